The zero-order chi connectivity index (χ0) is 20.7. The van der Waals surface area contributed by atoms with Crippen molar-refractivity contribution in [2.75, 3.05) is 20.2 Å². The van der Waals surface area contributed by atoms with E-state index in [9.17, 15) is 13.6 Å². The summed E-state index contributed by atoms with van der Waals surface area (Å²) >= 11 is 0. The largest absolute Gasteiger partial charge is 0.401 e. The molecule has 7 heteroatoms. The molecule has 1 saturated heterocycles. The Morgan fingerprint density at radius 1 is 1.32 bits per heavy atom. The van der Waals surface area contributed by atoms with Crippen LogP contribution in [0.3, 0.4) is 0 Å². The number of benzene rings is 1. The molecular weight excluding hydrogens is 364 g/mol. The number of rotatable bonds is 8. The first-order valence-electron chi connectivity index (χ1n) is 9.57. The lowest BCUT2D eigenvalue weighted by atomic mass is 10.0. The fraction of sp³-hybridized carbons (Fsp3) is 0.476. The number of carbonyl (C=O) groups excluding carboxylic acids is 1. The van der Waals surface area contributed by atoms with Gasteiger partial charge in [-0.25, -0.2) is 8.78 Å². The molecule has 1 heterocycles. The van der Waals surface area contributed by atoms with E-state index in [1.165, 1.54) is 12.1 Å². The molecule has 1 aromatic carbocycles. The number of allylic oxidation sites excluding steroid dienone is 2. The van der Waals surface area contributed by atoms with Gasteiger partial charge in [0, 0.05) is 31.6 Å². The third kappa shape index (κ3) is 5.55. The molecule has 154 valence electrons. The van der Waals surface area contributed by atoms with E-state index < -0.39 is 11.6 Å². The Balaban J connectivity index is 2.24. The Hall–Kier alpha value is -2.41. The normalized spacial score (nSPS) is 18.4. The van der Waals surface area contributed by atoms with E-state index in [0.717, 1.165) is 31.4 Å². The minimum atomic E-state index is -0.735. The standard InChI is InChI=1S/C21H29F2N3O2/c1-3-4-6-14(11-19(25)21-16(22)7-5-8-17(21)23)18(24)12-20(27)26-10-9-15(13-26)28-2/h5,7-8,11,15H,3-4,6,9-10,12-13,24-25H2,1-2H3/b18-14-,19-11-. The number of unbranched alkanes of at least 4 members (excludes halogenated alkanes) is 1. The summed E-state index contributed by atoms with van der Waals surface area (Å²) in [4.78, 5) is 14.3. The fourth-order valence-electron chi connectivity index (χ4n) is 3.26. The van der Waals surface area contributed by atoms with Gasteiger partial charge < -0.3 is 21.1 Å². The van der Waals surface area contributed by atoms with E-state index in [4.69, 9.17) is 16.2 Å². The van der Waals surface area contributed by atoms with Gasteiger partial charge in [-0.05, 0) is 43.0 Å². The number of nitrogens with zero attached hydrogens (tertiary/aromatic N) is 1. The van der Waals surface area contributed by atoms with Gasteiger partial charge in [-0.2, -0.15) is 0 Å². The highest BCUT2D eigenvalue weighted by atomic mass is 19.1. The molecule has 0 saturated carbocycles. The summed E-state index contributed by atoms with van der Waals surface area (Å²) in [5.41, 5.74) is 12.9. The molecule has 0 aromatic heterocycles. The number of hydrogen-bond donors (Lipinski definition) is 2. The van der Waals surface area contributed by atoms with E-state index >= 15 is 0 Å². The summed E-state index contributed by atoms with van der Waals surface area (Å²) < 4.78 is 33.3. The average molecular weight is 393 g/mol. The Morgan fingerprint density at radius 3 is 2.57 bits per heavy atom. The lowest BCUT2D eigenvalue weighted by Crippen LogP contribution is -2.31. The highest BCUT2D eigenvalue weighted by molar-refractivity contribution is 5.79. The summed E-state index contributed by atoms with van der Waals surface area (Å²) in [5, 5.41) is 0. The number of halogens is 2. The summed E-state index contributed by atoms with van der Waals surface area (Å²) in [7, 11) is 1.63. The molecular formula is C21H29F2N3O2. The molecule has 1 aromatic rings. The Bertz CT molecular complexity index is 742. The molecule has 4 N–H and O–H groups in total. The molecule has 1 fully saturated rings. The molecule has 1 unspecified atom stereocenters. The van der Waals surface area contributed by atoms with E-state index in [0.29, 0.717) is 30.8 Å². The van der Waals surface area contributed by atoms with Crippen LogP contribution in [-0.2, 0) is 9.53 Å². The third-order valence-electron chi connectivity index (χ3n) is 4.97. The van der Waals surface area contributed by atoms with Crippen LogP contribution in [0.15, 0.2) is 35.5 Å². The van der Waals surface area contributed by atoms with Crippen LogP contribution in [0.5, 0.6) is 0 Å². The molecule has 1 aliphatic heterocycles. The van der Waals surface area contributed by atoms with Crippen LogP contribution in [0.4, 0.5) is 8.78 Å². The van der Waals surface area contributed by atoms with Crippen molar-refractivity contribution in [3.63, 3.8) is 0 Å². The van der Waals surface area contributed by atoms with Crippen LogP contribution in [0.1, 0.15) is 44.6 Å². The van der Waals surface area contributed by atoms with Gasteiger partial charge in [-0.3, -0.25) is 4.79 Å². The fourth-order valence-corrected chi connectivity index (χ4v) is 3.26. The van der Waals surface area contributed by atoms with Gasteiger partial charge in [0.15, 0.2) is 0 Å². The van der Waals surface area contributed by atoms with Crippen molar-refractivity contribution in [3.05, 3.63) is 52.7 Å². The maximum Gasteiger partial charge on any atom is 0.228 e. The van der Waals surface area contributed by atoms with Crippen molar-refractivity contribution < 1.29 is 18.3 Å². The maximum atomic E-state index is 14.0. The molecule has 0 aliphatic carbocycles. The molecule has 0 radical (unpaired) electrons. The second-order valence-corrected chi connectivity index (χ2v) is 7.01. The zero-order valence-electron chi connectivity index (χ0n) is 16.5. The lowest BCUT2D eigenvalue weighted by molar-refractivity contribution is -0.129. The second kappa shape index (κ2) is 10.2. The van der Waals surface area contributed by atoms with Crippen LogP contribution in [-0.4, -0.2) is 37.1 Å². The van der Waals surface area contributed by atoms with Crippen LogP contribution < -0.4 is 11.5 Å². The Morgan fingerprint density at radius 2 is 2.00 bits per heavy atom. The average Bonchev–Trinajstić information content (AvgIpc) is 3.14. The van der Waals surface area contributed by atoms with Crippen molar-refractivity contribution >= 4 is 11.6 Å². The number of nitrogens with two attached hydrogens (primary N) is 2. The van der Waals surface area contributed by atoms with Gasteiger partial charge in [0.2, 0.25) is 5.91 Å². The summed E-state index contributed by atoms with van der Waals surface area (Å²) in [5.74, 6) is -1.56. The van der Waals surface area contributed by atoms with E-state index in [1.807, 2.05) is 6.92 Å². The zero-order valence-corrected chi connectivity index (χ0v) is 16.5. The van der Waals surface area contributed by atoms with Gasteiger partial charge in [-0.1, -0.05) is 19.4 Å². The summed E-state index contributed by atoms with van der Waals surface area (Å²) in [6.07, 6.45) is 4.69. The van der Waals surface area contributed by atoms with Crippen molar-refractivity contribution in [1.29, 1.82) is 0 Å². The monoisotopic (exact) mass is 393 g/mol. The summed E-state index contributed by atoms with van der Waals surface area (Å²) in [6.45, 7) is 3.20. The minimum Gasteiger partial charge on any atom is -0.401 e. The Kier molecular flexibility index (Phi) is 7.99. The maximum absolute atomic E-state index is 14.0. The van der Waals surface area contributed by atoms with Gasteiger partial charge in [0.1, 0.15) is 11.6 Å². The number of likely N-dealkylation sites (tertiary alicyclic amines) is 1. The van der Waals surface area contributed by atoms with E-state index in [2.05, 4.69) is 0 Å². The molecule has 2 rings (SSSR count). The quantitative estimate of drug-likeness (QED) is 0.664. The first-order valence-corrected chi connectivity index (χ1v) is 9.57. The van der Waals surface area contributed by atoms with E-state index in [1.54, 1.807) is 12.0 Å². The van der Waals surface area contributed by atoms with Gasteiger partial charge in [-0.15, -0.1) is 0 Å². The Labute approximate surface area is 165 Å². The third-order valence-corrected chi connectivity index (χ3v) is 4.97. The smallest absolute Gasteiger partial charge is 0.228 e. The van der Waals surface area contributed by atoms with Crippen molar-refractivity contribution in [3.8, 4) is 0 Å². The molecule has 1 amide bonds. The first-order chi connectivity index (χ1) is 13.4. The van der Waals surface area contributed by atoms with Crippen LogP contribution in [0.25, 0.3) is 5.70 Å². The van der Waals surface area contributed by atoms with Gasteiger partial charge in [0.05, 0.1) is 18.1 Å². The molecule has 5 nitrogen and oxygen atoms in total. The number of hydrogen-bond acceptors (Lipinski definition) is 4. The van der Waals surface area contributed by atoms with Gasteiger partial charge >= 0.3 is 0 Å². The molecule has 1 atom stereocenters. The topological polar surface area (TPSA) is 81.6 Å². The SMILES string of the molecule is CCCCC(/C=C(\N)c1c(F)cccc1F)=C(/N)CC(=O)N1CCC(OC)C1. The van der Waals surface area contributed by atoms with Crippen LogP contribution in [0.2, 0.25) is 0 Å². The predicted molar refractivity (Wildman–Crippen MR) is 106 cm³/mol. The van der Waals surface area contributed by atoms with Crippen molar-refractivity contribution in [1.82, 2.24) is 4.90 Å². The number of ether oxygens (including phenoxy) is 1. The molecule has 1 aliphatic rings. The van der Waals surface area contributed by atoms with Crippen molar-refractivity contribution in [2.45, 2.75) is 45.1 Å². The second-order valence-electron chi connectivity index (χ2n) is 7.01. The highest BCUT2D eigenvalue weighted by Crippen LogP contribution is 2.23. The molecule has 0 spiro atoms. The van der Waals surface area contributed by atoms with Crippen molar-refractivity contribution in [2.24, 2.45) is 11.5 Å². The predicted octanol–water partition coefficient (Wildman–Crippen LogP) is 3.30. The first kappa shape index (κ1) is 21.9. The number of carbonyl (C=O) groups is 1. The highest BCUT2D eigenvalue weighted by Gasteiger charge is 2.26. The number of amides is 1. The van der Waals surface area contributed by atoms with Crippen LogP contribution in [0, 0.1) is 11.6 Å². The lowest BCUT2D eigenvalue weighted by Gasteiger charge is -2.17. The van der Waals surface area contributed by atoms with Crippen LogP contribution >= 0.6 is 0 Å². The summed E-state index contributed by atoms with van der Waals surface area (Å²) in [6, 6.07) is 3.59. The minimum absolute atomic E-state index is 0.0407. The molecule has 28 heavy (non-hydrogen) atoms. The number of methoxy groups -OCH3 is 1. The van der Waals surface area contributed by atoms with E-state index in [-0.39, 0.29) is 29.7 Å². The van der Waals surface area contributed by atoms with Gasteiger partial charge in [0.25, 0.3) is 0 Å². The molecule has 0 bridgehead atoms.